The highest BCUT2D eigenvalue weighted by Crippen LogP contribution is 2.36. The van der Waals surface area contributed by atoms with Gasteiger partial charge in [-0.25, -0.2) is 8.78 Å². The maximum atomic E-state index is 14.3. The lowest BCUT2D eigenvalue weighted by molar-refractivity contribution is -0.132. The van der Waals surface area contributed by atoms with Crippen molar-refractivity contribution in [3.63, 3.8) is 0 Å². The summed E-state index contributed by atoms with van der Waals surface area (Å²) in [6, 6.07) is 10.5. The molecule has 4 rings (SSSR count). The average Bonchev–Trinajstić information content (AvgIpc) is 2.99. The van der Waals surface area contributed by atoms with E-state index in [-0.39, 0.29) is 23.4 Å². The predicted molar refractivity (Wildman–Crippen MR) is 101 cm³/mol. The first-order valence-corrected chi connectivity index (χ1v) is 9.65. The molecule has 1 saturated heterocycles. The molecule has 146 valence electrons. The molecular weight excluding hydrogens is 362 g/mol. The molecule has 6 heteroatoms. The summed E-state index contributed by atoms with van der Waals surface area (Å²) in [7, 11) is 0. The molecule has 2 aliphatic rings. The van der Waals surface area contributed by atoms with Crippen molar-refractivity contribution in [2.24, 2.45) is 0 Å². The van der Waals surface area contributed by atoms with E-state index in [1.165, 1.54) is 30.3 Å². The Balaban J connectivity index is 1.44. The van der Waals surface area contributed by atoms with Gasteiger partial charge in [0.05, 0.1) is 5.92 Å². The van der Waals surface area contributed by atoms with Crippen LogP contribution in [0.25, 0.3) is 0 Å². The number of nitrogens with zero attached hydrogens (tertiary/aromatic N) is 2. The molecule has 0 N–H and O–H groups in total. The number of amides is 2. The molecule has 0 radical (unpaired) electrons. The number of benzene rings is 2. The molecule has 1 heterocycles. The van der Waals surface area contributed by atoms with E-state index < -0.39 is 5.92 Å². The highest BCUT2D eigenvalue weighted by molar-refractivity contribution is 5.94. The van der Waals surface area contributed by atoms with Crippen LogP contribution in [-0.4, -0.2) is 47.8 Å². The van der Waals surface area contributed by atoms with Crippen molar-refractivity contribution in [1.82, 2.24) is 9.80 Å². The largest absolute Gasteiger partial charge is 0.340 e. The van der Waals surface area contributed by atoms with Crippen molar-refractivity contribution >= 4 is 11.8 Å². The van der Waals surface area contributed by atoms with Gasteiger partial charge in [0, 0.05) is 37.3 Å². The van der Waals surface area contributed by atoms with E-state index in [1.54, 1.807) is 15.9 Å². The predicted octanol–water partition coefficient (Wildman–Crippen LogP) is 3.37. The molecule has 2 aromatic rings. The van der Waals surface area contributed by atoms with Gasteiger partial charge in [0.1, 0.15) is 11.6 Å². The zero-order valence-electron chi connectivity index (χ0n) is 15.5. The Morgan fingerprint density at radius 2 is 1.61 bits per heavy atom. The van der Waals surface area contributed by atoms with Crippen molar-refractivity contribution in [3.05, 3.63) is 70.8 Å². The first kappa shape index (κ1) is 18.6. The molecule has 28 heavy (non-hydrogen) atoms. The molecule has 1 aliphatic carbocycles. The molecule has 1 aliphatic heterocycles. The van der Waals surface area contributed by atoms with E-state index in [0.29, 0.717) is 56.6 Å². The number of hydrogen-bond acceptors (Lipinski definition) is 2. The Bertz CT molecular complexity index is 898. The average molecular weight is 384 g/mol. The van der Waals surface area contributed by atoms with Crippen LogP contribution in [0.2, 0.25) is 0 Å². The molecule has 0 aromatic heterocycles. The van der Waals surface area contributed by atoms with Crippen LogP contribution in [-0.2, 0) is 11.2 Å². The van der Waals surface area contributed by atoms with E-state index in [0.717, 1.165) is 5.56 Å². The van der Waals surface area contributed by atoms with Crippen LogP contribution in [0.1, 0.15) is 40.2 Å². The summed E-state index contributed by atoms with van der Waals surface area (Å²) in [5, 5.41) is 0. The summed E-state index contributed by atoms with van der Waals surface area (Å²) in [5.74, 6) is -1.34. The number of carbonyl (C=O) groups is 2. The summed E-state index contributed by atoms with van der Waals surface area (Å²) in [6.45, 7) is 1.92. The summed E-state index contributed by atoms with van der Waals surface area (Å²) in [4.78, 5) is 29.2. The van der Waals surface area contributed by atoms with E-state index in [9.17, 15) is 18.4 Å². The number of halogens is 2. The minimum Gasteiger partial charge on any atom is -0.340 e. The van der Waals surface area contributed by atoms with Crippen LogP contribution in [0, 0.1) is 11.6 Å². The molecule has 2 amide bonds. The molecular formula is C22H22F2N2O2. The fraction of sp³-hybridized carbons (Fsp3) is 0.364. The monoisotopic (exact) mass is 384 g/mol. The van der Waals surface area contributed by atoms with Crippen LogP contribution in [0.3, 0.4) is 0 Å². The summed E-state index contributed by atoms with van der Waals surface area (Å²) >= 11 is 0. The van der Waals surface area contributed by atoms with Gasteiger partial charge in [0.2, 0.25) is 5.91 Å². The number of rotatable bonds is 2. The van der Waals surface area contributed by atoms with Crippen LogP contribution in [0.5, 0.6) is 0 Å². The van der Waals surface area contributed by atoms with Gasteiger partial charge < -0.3 is 9.80 Å². The summed E-state index contributed by atoms with van der Waals surface area (Å²) in [5.41, 5.74) is 1.89. The minimum absolute atomic E-state index is 0.0556. The first-order valence-electron chi connectivity index (χ1n) is 9.65. The Labute approximate surface area is 162 Å². The number of aryl methyl sites for hydroxylation is 1. The van der Waals surface area contributed by atoms with Crippen molar-refractivity contribution < 1.29 is 18.4 Å². The Morgan fingerprint density at radius 3 is 2.39 bits per heavy atom. The standard InChI is InChI=1S/C22H22F2N2O2/c23-17-8-5-16(6-9-17)21(27)25-11-2-12-26(14-13-25)22(28)18-10-7-15-3-1-4-19(24)20(15)18/h1,3-6,8-9,18H,2,7,10-14H2. The van der Waals surface area contributed by atoms with E-state index in [1.807, 2.05) is 6.07 Å². The SMILES string of the molecule is O=C(c1ccc(F)cc1)N1CCCN(C(=O)C2CCc3cccc(F)c32)CC1. The Morgan fingerprint density at radius 1 is 0.893 bits per heavy atom. The lowest BCUT2D eigenvalue weighted by atomic mass is 9.99. The molecule has 4 nitrogen and oxygen atoms in total. The minimum atomic E-state index is -0.435. The van der Waals surface area contributed by atoms with Gasteiger partial charge in [-0.3, -0.25) is 9.59 Å². The molecule has 1 atom stereocenters. The van der Waals surface area contributed by atoms with Crippen molar-refractivity contribution in [1.29, 1.82) is 0 Å². The smallest absolute Gasteiger partial charge is 0.253 e. The molecule has 1 unspecified atom stereocenters. The molecule has 2 aromatic carbocycles. The molecule has 0 spiro atoms. The van der Waals surface area contributed by atoms with E-state index in [4.69, 9.17) is 0 Å². The lowest BCUT2D eigenvalue weighted by Crippen LogP contribution is -2.39. The summed E-state index contributed by atoms with van der Waals surface area (Å²) < 4.78 is 27.4. The summed E-state index contributed by atoms with van der Waals surface area (Å²) in [6.07, 6.45) is 2.01. The van der Waals surface area contributed by atoms with Crippen LogP contribution >= 0.6 is 0 Å². The second-order valence-electron chi connectivity index (χ2n) is 7.38. The lowest BCUT2D eigenvalue weighted by Gasteiger charge is -2.25. The quantitative estimate of drug-likeness (QED) is 0.797. The second-order valence-corrected chi connectivity index (χ2v) is 7.38. The van der Waals surface area contributed by atoms with Gasteiger partial charge >= 0.3 is 0 Å². The first-order chi connectivity index (χ1) is 13.5. The number of carbonyl (C=O) groups excluding carboxylic acids is 2. The topological polar surface area (TPSA) is 40.6 Å². The van der Waals surface area contributed by atoms with Gasteiger partial charge in [0.25, 0.3) is 5.91 Å². The van der Waals surface area contributed by atoms with E-state index >= 15 is 0 Å². The fourth-order valence-electron chi connectivity index (χ4n) is 4.22. The molecule has 1 fully saturated rings. The van der Waals surface area contributed by atoms with Gasteiger partial charge in [-0.05, 0) is 55.2 Å². The van der Waals surface area contributed by atoms with Gasteiger partial charge in [-0.2, -0.15) is 0 Å². The van der Waals surface area contributed by atoms with Crippen LogP contribution < -0.4 is 0 Å². The van der Waals surface area contributed by atoms with Gasteiger partial charge in [-0.15, -0.1) is 0 Å². The number of hydrogen-bond donors (Lipinski definition) is 0. The zero-order chi connectivity index (χ0) is 19.7. The van der Waals surface area contributed by atoms with Gasteiger partial charge in [0.15, 0.2) is 0 Å². The molecule has 0 bridgehead atoms. The van der Waals surface area contributed by atoms with Crippen molar-refractivity contribution in [3.8, 4) is 0 Å². The highest BCUT2D eigenvalue weighted by atomic mass is 19.1. The third-order valence-corrected chi connectivity index (χ3v) is 5.68. The zero-order valence-corrected chi connectivity index (χ0v) is 15.5. The van der Waals surface area contributed by atoms with Crippen molar-refractivity contribution in [2.75, 3.05) is 26.2 Å². The third kappa shape index (κ3) is 3.51. The van der Waals surface area contributed by atoms with Crippen LogP contribution in [0.4, 0.5) is 8.78 Å². The molecule has 0 saturated carbocycles. The fourth-order valence-corrected chi connectivity index (χ4v) is 4.22. The number of fused-ring (bicyclic) bond motifs is 1. The Hall–Kier alpha value is -2.76. The third-order valence-electron chi connectivity index (χ3n) is 5.68. The second kappa shape index (κ2) is 7.70. The van der Waals surface area contributed by atoms with E-state index in [2.05, 4.69) is 0 Å². The van der Waals surface area contributed by atoms with Crippen LogP contribution in [0.15, 0.2) is 42.5 Å². The maximum Gasteiger partial charge on any atom is 0.253 e. The van der Waals surface area contributed by atoms with Crippen molar-refractivity contribution in [2.45, 2.75) is 25.2 Å². The Kier molecular flexibility index (Phi) is 5.11. The highest BCUT2D eigenvalue weighted by Gasteiger charge is 2.35. The normalized spacial score (nSPS) is 19.3. The maximum absolute atomic E-state index is 14.3. The van der Waals surface area contributed by atoms with Gasteiger partial charge in [-0.1, -0.05) is 12.1 Å².